The summed E-state index contributed by atoms with van der Waals surface area (Å²) in [6, 6.07) is 0.720. The van der Waals surface area contributed by atoms with Gasteiger partial charge in [0.1, 0.15) is 0 Å². The lowest BCUT2D eigenvalue weighted by molar-refractivity contribution is -0.0294. The Morgan fingerprint density at radius 1 is 1.25 bits per heavy atom. The van der Waals surface area contributed by atoms with Crippen LogP contribution in [0.5, 0.6) is 0 Å². The van der Waals surface area contributed by atoms with E-state index < -0.39 is 0 Å². The zero-order valence-electron chi connectivity index (χ0n) is 11.5. The Balaban J connectivity index is 2.18. The van der Waals surface area contributed by atoms with Gasteiger partial charge in [0.15, 0.2) is 0 Å². The third-order valence-electron chi connectivity index (χ3n) is 3.46. The van der Waals surface area contributed by atoms with Crippen LogP contribution < -0.4 is 5.32 Å². The van der Waals surface area contributed by atoms with Crippen molar-refractivity contribution >= 4 is 0 Å². The first-order valence-corrected chi connectivity index (χ1v) is 7.00. The van der Waals surface area contributed by atoms with Gasteiger partial charge < -0.3 is 10.1 Å². The van der Waals surface area contributed by atoms with Gasteiger partial charge in [-0.25, -0.2) is 0 Å². The molecule has 0 heterocycles. The standard InChI is InChI=1S/C14H29NO/c1-5-15-13(7-11(3)4)8-12-9-14(10-12)16-6-2/h11-15H,5-10H2,1-4H3. The molecule has 2 nitrogen and oxygen atoms in total. The number of ether oxygens (including phenoxy) is 1. The molecule has 16 heavy (non-hydrogen) atoms. The number of hydrogen-bond acceptors (Lipinski definition) is 2. The molecule has 96 valence electrons. The van der Waals surface area contributed by atoms with Crippen molar-refractivity contribution < 1.29 is 4.74 Å². The van der Waals surface area contributed by atoms with Crippen LogP contribution in [-0.4, -0.2) is 25.3 Å². The van der Waals surface area contributed by atoms with E-state index in [0.717, 1.165) is 31.0 Å². The van der Waals surface area contributed by atoms with E-state index in [1.165, 1.54) is 25.7 Å². The second-order valence-corrected chi connectivity index (χ2v) is 5.53. The number of hydrogen-bond donors (Lipinski definition) is 1. The monoisotopic (exact) mass is 227 g/mol. The Morgan fingerprint density at radius 2 is 1.94 bits per heavy atom. The van der Waals surface area contributed by atoms with E-state index in [2.05, 4.69) is 33.0 Å². The van der Waals surface area contributed by atoms with E-state index in [-0.39, 0.29) is 0 Å². The van der Waals surface area contributed by atoms with Gasteiger partial charge in [0.05, 0.1) is 6.10 Å². The molecule has 1 unspecified atom stereocenters. The molecular weight excluding hydrogens is 198 g/mol. The van der Waals surface area contributed by atoms with Crippen LogP contribution in [0.4, 0.5) is 0 Å². The molecule has 0 spiro atoms. The van der Waals surface area contributed by atoms with Crippen molar-refractivity contribution in [3.8, 4) is 0 Å². The third kappa shape index (κ3) is 4.84. The highest BCUT2D eigenvalue weighted by molar-refractivity contribution is 4.84. The Morgan fingerprint density at radius 3 is 2.44 bits per heavy atom. The van der Waals surface area contributed by atoms with Crippen LogP contribution in [-0.2, 0) is 4.74 Å². The highest BCUT2D eigenvalue weighted by atomic mass is 16.5. The first kappa shape index (κ1) is 14.0. The highest BCUT2D eigenvalue weighted by Crippen LogP contribution is 2.34. The van der Waals surface area contributed by atoms with Gasteiger partial charge in [-0.2, -0.15) is 0 Å². The number of nitrogens with one attached hydrogen (secondary N) is 1. The minimum Gasteiger partial charge on any atom is -0.378 e. The van der Waals surface area contributed by atoms with Gasteiger partial charge in [0.2, 0.25) is 0 Å². The molecule has 1 aliphatic carbocycles. The summed E-state index contributed by atoms with van der Waals surface area (Å²) in [5.74, 6) is 1.70. The Bertz CT molecular complexity index is 176. The summed E-state index contributed by atoms with van der Waals surface area (Å²) >= 11 is 0. The molecule has 0 aromatic carbocycles. The Hall–Kier alpha value is -0.0800. The summed E-state index contributed by atoms with van der Waals surface area (Å²) in [5.41, 5.74) is 0. The Labute approximate surface area is 101 Å². The second-order valence-electron chi connectivity index (χ2n) is 5.53. The van der Waals surface area contributed by atoms with Gasteiger partial charge in [-0.3, -0.25) is 0 Å². The van der Waals surface area contributed by atoms with E-state index in [4.69, 9.17) is 4.74 Å². The summed E-state index contributed by atoms with van der Waals surface area (Å²) in [5, 5.41) is 3.62. The van der Waals surface area contributed by atoms with Gasteiger partial charge >= 0.3 is 0 Å². The second kappa shape index (κ2) is 7.29. The minimum absolute atomic E-state index is 0.566. The molecule has 0 saturated heterocycles. The molecule has 0 bridgehead atoms. The van der Waals surface area contributed by atoms with Crippen molar-refractivity contribution in [1.29, 1.82) is 0 Å². The fourth-order valence-electron chi connectivity index (χ4n) is 2.76. The quantitative estimate of drug-likeness (QED) is 0.687. The Kier molecular flexibility index (Phi) is 6.37. The molecule has 0 aromatic rings. The van der Waals surface area contributed by atoms with E-state index in [1.54, 1.807) is 0 Å². The molecule has 0 aromatic heterocycles. The van der Waals surface area contributed by atoms with Crippen LogP contribution in [0.1, 0.15) is 53.4 Å². The van der Waals surface area contributed by atoms with Crippen LogP contribution in [0.25, 0.3) is 0 Å². The minimum atomic E-state index is 0.566. The fourth-order valence-corrected chi connectivity index (χ4v) is 2.76. The zero-order chi connectivity index (χ0) is 12.0. The fraction of sp³-hybridized carbons (Fsp3) is 1.00. The van der Waals surface area contributed by atoms with Crippen molar-refractivity contribution in [2.24, 2.45) is 11.8 Å². The van der Waals surface area contributed by atoms with E-state index in [1.807, 2.05) is 0 Å². The van der Waals surface area contributed by atoms with Crippen LogP contribution in [0.2, 0.25) is 0 Å². The molecule has 0 aliphatic heterocycles. The van der Waals surface area contributed by atoms with Gasteiger partial charge in [-0.15, -0.1) is 0 Å². The van der Waals surface area contributed by atoms with Crippen LogP contribution in [0.15, 0.2) is 0 Å². The molecule has 1 fully saturated rings. The van der Waals surface area contributed by atoms with Crippen LogP contribution in [0.3, 0.4) is 0 Å². The molecule has 1 atom stereocenters. The average molecular weight is 227 g/mol. The normalized spacial score (nSPS) is 26.8. The van der Waals surface area contributed by atoms with Crippen molar-refractivity contribution in [3.63, 3.8) is 0 Å². The van der Waals surface area contributed by atoms with Crippen LogP contribution in [0, 0.1) is 11.8 Å². The molecule has 0 radical (unpaired) electrons. The predicted molar refractivity (Wildman–Crippen MR) is 69.7 cm³/mol. The molecule has 1 aliphatic rings. The highest BCUT2D eigenvalue weighted by Gasteiger charge is 2.31. The summed E-state index contributed by atoms with van der Waals surface area (Å²) in [7, 11) is 0. The zero-order valence-corrected chi connectivity index (χ0v) is 11.5. The lowest BCUT2D eigenvalue weighted by Crippen LogP contribution is -2.38. The summed E-state index contributed by atoms with van der Waals surface area (Å²) in [4.78, 5) is 0. The third-order valence-corrected chi connectivity index (χ3v) is 3.46. The average Bonchev–Trinajstić information content (AvgIpc) is 2.14. The summed E-state index contributed by atoms with van der Waals surface area (Å²) in [6.45, 7) is 10.9. The van der Waals surface area contributed by atoms with E-state index in [9.17, 15) is 0 Å². The smallest absolute Gasteiger partial charge is 0.0580 e. The number of rotatable bonds is 8. The van der Waals surface area contributed by atoms with Crippen LogP contribution >= 0.6 is 0 Å². The lowest BCUT2D eigenvalue weighted by Gasteiger charge is -2.37. The maximum absolute atomic E-state index is 5.61. The maximum Gasteiger partial charge on any atom is 0.0580 e. The van der Waals surface area contributed by atoms with Gasteiger partial charge in [-0.1, -0.05) is 20.8 Å². The first-order chi connectivity index (χ1) is 7.65. The first-order valence-electron chi connectivity index (χ1n) is 7.00. The van der Waals surface area contributed by atoms with Crippen molar-refractivity contribution in [3.05, 3.63) is 0 Å². The molecule has 2 heteroatoms. The predicted octanol–water partition coefficient (Wildman–Crippen LogP) is 3.22. The molecular formula is C14H29NO. The SMILES string of the molecule is CCNC(CC(C)C)CC1CC(OCC)C1. The van der Waals surface area contributed by atoms with E-state index in [0.29, 0.717) is 6.10 Å². The van der Waals surface area contributed by atoms with Gasteiger partial charge in [0, 0.05) is 12.6 Å². The lowest BCUT2D eigenvalue weighted by atomic mass is 9.77. The molecule has 0 amide bonds. The summed E-state index contributed by atoms with van der Waals surface area (Å²) in [6.07, 6.45) is 5.79. The van der Waals surface area contributed by atoms with Crippen molar-refractivity contribution in [1.82, 2.24) is 5.32 Å². The maximum atomic E-state index is 5.61. The van der Waals surface area contributed by atoms with Crippen molar-refractivity contribution in [2.75, 3.05) is 13.2 Å². The van der Waals surface area contributed by atoms with Crippen molar-refractivity contribution in [2.45, 2.75) is 65.5 Å². The summed E-state index contributed by atoms with van der Waals surface area (Å²) < 4.78 is 5.61. The van der Waals surface area contributed by atoms with Gasteiger partial charge in [0.25, 0.3) is 0 Å². The largest absolute Gasteiger partial charge is 0.378 e. The molecule has 1 saturated carbocycles. The topological polar surface area (TPSA) is 21.3 Å². The molecule has 1 rings (SSSR count). The molecule has 1 N–H and O–H groups in total. The van der Waals surface area contributed by atoms with Gasteiger partial charge in [-0.05, 0) is 51.0 Å². The van der Waals surface area contributed by atoms with E-state index >= 15 is 0 Å².